The Morgan fingerprint density at radius 1 is 0.205 bits per heavy atom. The van der Waals surface area contributed by atoms with Crippen LogP contribution in [0.3, 0.4) is 0 Å². The SMILES string of the molecule is c1ccc2c(c1)C1=NC2=Nc2c3ccccc3c3n2C(OC2n4c5c6ccccc6c4N=C4N=C(N=c6c7ccccc7c(n62)=NC2=NC(=N5)c5ccccc52)c2ccccc24)n2c(c4ccccc4c2=NC2=NC(=N3)c3ccccc32)=N1. The molecule has 4 aromatic heterocycles. The summed E-state index contributed by atoms with van der Waals surface area (Å²) in [5.41, 5.74) is 8.85. The quantitative estimate of drug-likeness (QED) is 0.165. The van der Waals surface area contributed by atoms with Crippen molar-refractivity contribution in [2.75, 3.05) is 0 Å². The first-order valence-corrected chi connectivity index (χ1v) is 27.3. The zero-order valence-electron chi connectivity index (χ0n) is 43.2. The first-order chi connectivity index (χ1) is 41.1. The Balaban J connectivity index is 1.02. The summed E-state index contributed by atoms with van der Waals surface area (Å²) < 4.78 is 16.9. The van der Waals surface area contributed by atoms with E-state index in [4.69, 9.17) is 64.6 Å². The van der Waals surface area contributed by atoms with E-state index in [1.807, 2.05) is 146 Å². The van der Waals surface area contributed by atoms with Gasteiger partial charge in [-0.3, -0.25) is 23.0 Å². The minimum atomic E-state index is -1.26. The van der Waals surface area contributed by atoms with E-state index in [0.29, 0.717) is 91.9 Å². The van der Waals surface area contributed by atoms with Crippen molar-refractivity contribution in [2.24, 2.45) is 59.9 Å². The molecule has 0 saturated carbocycles. The van der Waals surface area contributed by atoms with Gasteiger partial charge in [-0.15, -0.1) is 0 Å². The Bertz CT molecular complexity index is 5010. The van der Waals surface area contributed by atoms with Crippen molar-refractivity contribution in [1.82, 2.24) is 18.3 Å². The molecule has 2 unspecified atom stereocenters. The van der Waals surface area contributed by atoms with E-state index >= 15 is 0 Å². The van der Waals surface area contributed by atoms with Gasteiger partial charge in [-0.1, -0.05) is 194 Å². The van der Waals surface area contributed by atoms with Gasteiger partial charge in [0.1, 0.15) is 45.2 Å². The normalized spacial score (nSPS) is 17.7. The minimum absolute atomic E-state index is 0.494. The predicted molar refractivity (Wildman–Crippen MR) is 319 cm³/mol. The van der Waals surface area contributed by atoms with Crippen LogP contribution in [0.5, 0.6) is 0 Å². The molecule has 12 heterocycles. The van der Waals surface area contributed by atoms with E-state index in [2.05, 4.69) is 66.8 Å². The Kier molecular flexibility index (Phi) is 8.16. The smallest absolute Gasteiger partial charge is 0.227 e. The van der Waals surface area contributed by atoms with E-state index in [0.717, 1.165) is 87.6 Å². The largest absolute Gasteiger partial charge is 0.296 e. The van der Waals surface area contributed by atoms with Crippen LogP contribution in [-0.2, 0) is 4.74 Å². The monoisotopic (exact) mass is 1070 g/mol. The zero-order valence-corrected chi connectivity index (χ0v) is 43.2. The molecule has 0 N–H and O–H groups in total. The van der Waals surface area contributed by atoms with Crippen molar-refractivity contribution in [3.63, 3.8) is 0 Å². The van der Waals surface area contributed by atoms with Gasteiger partial charge in [-0.25, -0.2) is 59.9 Å². The highest BCUT2D eigenvalue weighted by Crippen LogP contribution is 2.48. The number of rotatable bonds is 2. The molecule has 2 atom stereocenters. The molecular weight excluding hydrogens is 1030 g/mol. The van der Waals surface area contributed by atoms with Crippen molar-refractivity contribution < 1.29 is 4.74 Å². The van der Waals surface area contributed by atoms with Crippen molar-refractivity contribution in [1.29, 1.82) is 0 Å². The van der Waals surface area contributed by atoms with Crippen molar-refractivity contribution >= 4 is 113 Å². The number of hydrogen-bond donors (Lipinski definition) is 0. The molecule has 384 valence electrons. The maximum atomic E-state index is 8.57. The molecule has 0 amide bonds. The van der Waals surface area contributed by atoms with Gasteiger partial charge < -0.3 is 0 Å². The van der Waals surface area contributed by atoms with Gasteiger partial charge in [0.05, 0.1) is 0 Å². The average Bonchev–Trinajstić information content (AvgIpc) is 2.18. The Labute approximate surface area is 467 Å². The Hall–Kier alpha value is -11.6. The first-order valence-electron chi connectivity index (χ1n) is 27.3. The maximum Gasteiger partial charge on any atom is 0.227 e. The molecule has 8 aromatic carbocycles. The Morgan fingerprint density at radius 3 is 0.627 bits per heavy atom. The van der Waals surface area contributed by atoms with Crippen molar-refractivity contribution in [3.05, 3.63) is 261 Å². The molecule has 0 aliphatic carbocycles. The lowest BCUT2D eigenvalue weighted by Gasteiger charge is -2.31. The third-order valence-electron chi connectivity index (χ3n) is 16.8. The predicted octanol–water partition coefficient (Wildman–Crippen LogP) is 10.1. The van der Waals surface area contributed by atoms with Crippen LogP contribution in [0.1, 0.15) is 57.2 Å². The van der Waals surface area contributed by atoms with Gasteiger partial charge in [-0.05, 0) is 0 Å². The summed E-state index contributed by atoms with van der Waals surface area (Å²) in [4.78, 5) is 66.5. The topological polar surface area (TPSA) is 177 Å². The summed E-state index contributed by atoms with van der Waals surface area (Å²) in [5.74, 6) is 6.08. The molecule has 12 aromatic rings. The standard InChI is InChI=1S/C66H34N16O/c1-2-18-34-33(17-1)49-67-50(34)72-58-43-27-11-12-28-44(43)60-74-52-36-20-4-3-19-35(36)51(68-52)73-59-42-26-10-9-25-41(42)57(71-49)79(59)65(80(58)60)83-66-81-61-45-29-13-14-30-46(45)63(81)77-55-39-23-7-8-24-40(39)56(70-55)78-64-48-32-16-15-31-47(48)62(82(64)66)76-54-38-22-6-5-21-37(38)53(69-54)75-61/h1-32,65-66H. The fourth-order valence-electron chi connectivity index (χ4n) is 13.1. The van der Waals surface area contributed by atoms with Gasteiger partial charge in [0.25, 0.3) is 0 Å². The lowest BCUT2D eigenvalue weighted by atomic mass is 10.1. The zero-order chi connectivity index (χ0) is 53.8. The lowest BCUT2D eigenvalue weighted by Crippen LogP contribution is -2.43. The van der Waals surface area contributed by atoms with E-state index in [9.17, 15) is 0 Å². The number of ether oxygens (including phenoxy) is 1. The van der Waals surface area contributed by atoms with Crippen molar-refractivity contribution in [3.8, 4) is 0 Å². The summed E-state index contributed by atoms with van der Waals surface area (Å²) in [6.45, 7) is 0. The fourth-order valence-corrected chi connectivity index (χ4v) is 13.1. The molecule has 0 radical (unpaired) electrons. The molecule has 17 nitrogen and oxygen atoms in total. The van der Waals surface area contributed by atoms with E-state index in [1.165, 1.54) is 0 Å². The molecular formula is C66H34N16O. The molecule has 17 heteroatoms. The second kappa shape index (κ2) is 15.6. The van der Waals surface area contributed by atoms with E-state index < -0.39 is 12.7 Å². The van der Waals surface area contributed by atoms with Gasteiger partial charge in [0.2, 0.25) is 12.7 Å². The molecule has 8 aliphatic heterocycles. The number of aliphatic imine (C=N–C) groups is 8. The highest BCUT2D eigenvalue weighted by Gasteiger charge is 2.40. The van der Waals surface area contributed by atoms with Gasteiger partial charge >= 0.3 is 0 Å². The van der Waals surface area contributed by atoms with Gasteiger partial charge in [-0.2, -0.15) is 0 Å². The molecule has 8 aliphatic rings. The van der Waals surface area contributed by atoms with Crippen LogP contribution in [0.4, 0.5) is 23.3 Å². The summed E-state index contributed by atoms with van der Waals surface area (Å²) in [6, 6.07) is 65.2. The molecule has 0 fully saturated rings. The van der Waals surface area contributed by atoms with Crippen LogP contribution in [0.2, 0.25) is 0 Å². The molecule has 0 saturated heterocycles. The van der Waals surface area contributed by atoms with Crippen LogP contribution in [0.15, 0.2) is 254 Å². The van der Waals surface area contributed by atoms with Crippen molar-refractivity contribution in [2.45, 2.75) is 12.7 Å². The van der Waals surface area contributed by atoms with E-state index in [-0.39, 0.29) is 0 Å². The lowest BCUT2D eigenvalue weighted by molar-refractivity contribution is -0.121. The van der Waals surface area contributed by atoms with Crippen LogP contribution in [0, 0.1) is 0 Å². The van der Waals surface area contributed by atoms with Gasteiger partial charge in [0.15, 0.2) is 46.7 Å². The fraction of sp³-hybridized carbons (Fsp3) is 0.0303. The molecule has 20 rings (SSSR count). The number of hydrogen-bond acceptors (Lipinski definition) is 13. The summed E-state index contributed by atoms with van der Waals surface area (Å²) in [7, 11) is 0. The average molecular weight is 1070 g/mol. The third kappa shape index (κ3) is 5.71. The summed E-state index contributed by atoms with van der Waals surface area (Å²) in [6.07, 6.45) is -2.53. The highest BCUT2D eigenvalue weighted by atomic mass is 16.6. The van der Waals surface area contributed by atoms with Crippen LogP contribution >= 0.6 is 0 Å². The van der Waals surface area contributed by atoms with Gasteiger partial charge in [0, 0.05) is 87.6 Å². The van der Waals surface area contributed by atoms with E-state index in [1.54, 1.807) is 0 Å². The van der Waals surface area contributed by atoms with Crippen LogP contribution in [0.25, 0.3) is 43.1 Å². The number of benzene rings is 8. The minimum Gasteiger partial charge on any atom is -0.296 e. The highest BCUT2D eigenvalue weighted by molar-refractivity contribution is 6.27. The van der Waals surface area contributed by atoms with Crippen LogP contribution < -0.4 is 22.0 Å². The second-order valence-corrected chi connectivity index (χ2v) is 21.2. The summed E-state index contributed by atoms with van der Waals surface area (Å²) >= 11 is 0. The maximum absolute atomic E-state index is 8.57. The number of nitrogens with zero attached hydrogens (tertiary/aromatic N) is 16. The van der Waals surface area contributed by atoms with Crippen LogP contribution in [-0.4, -0.2) is 65.0 Å². The first kappa shape index (κ1) is 43.3. The molecule has 12 bridgehead atoms. The number of fused-ring (bicyclic) bond motifs is 28. The molecule has 83 heavy (non-hydrogen) atoms. The summed E-state index contributed by atoms with van der Waals surface area (Å²) in [5, 5.41) is 6.46. The molecule has 0 spiro atoms. The second-order valence-electron chi connectivity index (χ2n) is 21.2. The number of aromatic nitrogens is 4. The third-order valence-corrected chi connectivity index (χ3v) is 16.8. The number of amidine groups is 8. The Morgan fingerprint density at radius 2 is 0.398 bits per heavy atom.